The summed E-state index contributed by atoms with van der Waals surface area (Å²) in [6.45, 7) is 4.66. The first kappa shape index (κ1) is 16.8. The molecule has 1 fully saturated rings. The second-order valence-electron chi connectivity index (χ2n) is 6.97. The number of hydrogen-bond donors (Lipinski definition) is 1. The van der Waals surface area contributed by atoms with Gasteiger partial charge in [-0.05, 0) is 18.7 Å². The summed E-state index contributed by atoms with van der Waals surface area (Å²) in [6.07, 6.45) is 0. The van der Waals surface area contributed by atoms with Crippen LogP contribution in [0.5, 0.6) is 11.5 Å². The van der Waals surface area contributed by atoms with E-state index in [4.69, 9.17) is 14.5 Å². The van der Waals surface area contributed by atoms with E-state index in [9.17, 15) is 0 Å². The number of thioether (sulfide) groups is 1. The largest absolute Gasteiger partial charge is 0.454 e. The van der Waals surface area contributed by atoms with Crippen molar-refractivity contribution in [2.45, 2.75) is 10.9 Å². The molecule has 1 N–H and O–H groups in total. The Morgan fingerprint density at radius 2 is 1.85 bits per heavy atom. The molecule has 3 aromatic rings. The van der Waals surface area contributed by atoms with Gasteiger partial charge in [-0.25, -0.2) is 4.98 Å². The van der Waals surface area contributed by atoms with Gasteiger partial charge in [-0.3, -0.25) is 0 Å². The Bertz CT molecular complexity index is 925. The molecular weight excluding hydrogens is 360 g/mol. The number of piperazine rings is 1. The first-order valence-electron chi connectivity index (χ1n) is 9.20. The Morgan fingerprint density at radius 3 is 2.70 bits per heavy atom. The van der Waals surface area contributed by atoms with Crippen LogP contribution in [0.4, 0.5) is 5.69 Å². The van der Waals surface area contributed by atoms with Crippen molar-refractivity contribution in [3.63, 3.8) is 0 Å². The van der Waals surface area contributed by atoms with Crippen molar-refractivity contribution >= 4 is 28.5 Å². The zero-order chi connectivity index (χ0) is 18.2. The van der Waals surface area contributed by atoms with E-state index >= 15 is 0 Å². The lowest BCUT2D eigenvalue weighted by Gasteiger charge is -2.35. The van der Waals surface area contributed by atoms with E-state index in [-0.39, 0.29) is 6.79 Å². The van der Waals surface area contributed by atoms with E-state index in [1.165, 1.54) is 11.3 Å². The summed E-state index contributed by atoms with van der Waals surface area (Å²) in [5.74, 6) is 2.43. The molecule has 1 aromatic heterocycles. The molecule has 0 bridgehead atoms. The first-order valence-corrected chi connectivity index (χ1v) is 10.2. The smallest absolute Gasteiger partial charge is 0.231 e. The van der Waals surface area contributed by atoms with Gasteiger partial charge in [0.25, 0.3) is 0 Å². The number of anilines is 1. The number of aromatic amines is 1. The predicted octanol–water partition coefficient (Wildman–Crippen LogP) is 3.34. The molecule has 0 unspecified atom stereocenters. The van der Waals surface area contributed by atoms with Crippen LogP contribution in [0.3, 0.4) is 0 Å². The summed E-state index contributed by atoms with van der Waals surface area (Å²) in [5.41, 5.74) is 4.58. The van der Waals surface area contributed by atoms with Crippen molar-refractivity contribution in [3.8, 4) is 11.5 Å². The molecule has 0 atom stereocenters. The molecule has 2 aromatic carbocycles. The minimum Gasteiger partial charge on any atom is -0.454 e. The van der Waals surface area contributed by atoms with E-state index in [0.717, 1.165) is 59.6 Å². The Hall–Kier alpha value is -2.38. The molecule has 2 aliphatic rings. The van der Waals surface area contributed by atoms with E-state index in [0.29, 0.717) is 0 Å². The number of nitrogens with zero attached hydrogens (tertiary/aromatic N) is 3. The Kier molecular flexibility index (Phi) is 4.33. The van der Waals surface area contributed by atoms with Gasteiger partial charge in [-0.1, -0.05) is 30.0 Å². The van der Waals surface area contributed by atoms with Gasteiger partial charge in [0, 0.05) is 49.8 Å². The Morgan fingerprint density at radius 1 is 1.07 bits per heavy atom. The summed E-state index contributed by atoms with van der Waals surface area (Å²) in [7, 11) is 2.19. The van der Waals surface area contributed by atoms with Crippen molar-refractivity contribution < 1.29 is 9.47 Å². The maximum absolute atomic E-state index is 5.45. The molecule has 6 nitrogen and oxygen atoms in total. The van der Waals surface area contributed by atoms with Crippen LogP contribution >= 0.6 is 11.8 Å². The second kappa shape index (κ2) is 6.98. The molecule has 0 radical (unpaired) electrons. The van der Waals surface area contributed by atoms with Gasteiger partial charge in [0.1, 0.15) is 0 Å². The summed E-state index contributed by atoms with van der Waals surface area (Å²) in [5, 5.41) is 0.918. The number of aromatic nitrogens is 2. The van der Waals surface area contributed by atoms with Crippen LogP contribution < -0.4 is 14.4 Å². The zero-order valence-corrected chi connectivity index (χ0v) is 16.1. The fraction of sp³-hybridized carbons (Fsp3) is 0.350. The molecule has 140 valence electrons. The molecule has 0 saturated carbocycles. The lowest BCUT2D eigenvalue weighted by molar-refractivity contribution is 0.174. The number of rotatable bonds is 4. The minimum absolute atomic E-state index is 0.284. The number of nitrogens with one attached hydrogen (secondary N) is 1. The van der Waals surface area contributed by atoms with E-state index < -0.39 is 0 Å². The fourth-order valence-electron chi connectivity index (χ4n) is 3.58. The van der Waals surface area contributed by atoms with Crippen LogP contribution in [-0.2, 0) is 5.75 Å². The summed E-state index contributed by atoms with van der Waals surface area (Å²) in [6, 6.07) is 12.6. The van der Waals surface area contributed by atoms with E-state index in [2.05, 4.69) is 46.1 Å². The Labute approximate surface area is 162 Å². The lowest BCUT2D eigenvalue weighted by atomic mass is 10.1. The quantitative estimate of drug-likeness (QED) is 0.699. The SMILES string of the molecule is CN1CCN(c2ccccc2CSc2nc3cc4c(cc3[nH]2)OCO4)CC1. The first-order chi connectivity index (χ1) is 13.3. The van der Waals surface area contributed by atoms with E-state index in [1.807, 2.05) is 12.1 Å². The van der Waals surface area contributed by atoms with Gasteiger partial charge < -0.3 is 24.3 Å². The molecule has 5 rings (SSSR count). The number of para-hydroxylation sites is 1. The average Bonchev–Trinajstić information content (AvgIpc) is 3.30. The molecule has 2 aliphatic heterocycles. The van der Waals surface area contributed by atoms with Gasteiger partial charge in [0.15, 0.2) is 16.7 Å². The standard InChI is InChI=1S/C20H22N4O2S/c1-23-6-8-24(9-7-23)17-5-3-2-4-14(17)12-27-20-21-15-10-18-19(26-13-25-18)11-16(15)22-20/h2-5,10-11H,6-9,12-13H2,1H3,(H,21,22). The fourth-order valence-corrected chi connectivity index (χ4v) is 4.46. The monoisotopic (exact) mass is 382 g/mol. The van der Waals surface area contributed by atoms with Gasteiger partial charge in [0.05, 0.1) is 11.0 Å². The Balaban J connectivity index is 1.34. The third kappa shape index (κ3) is 3.33. The zero-order valence-electron chi connectivity index (χ0n) is 15.3. The average molecular weight is 382 g/mol. The number of imidazole rings is 1. The minimum atomic E-state index is 0.284. The van der Waals surface area contributed by atoms with Crippen molar-refractivity contribution in [1.82, 2.24) is 14.9 Å². The van der Waals surface area contributed by atoms with Crippen molar-refractivity contribution in [2.75, 3.05) is 44.9 Å². The molecule has 0 amide bonds. The number of benzene rings is 2. The normalized spacial score (nSPS) is 17.0. The highest BCUT2D eigenvalue weighted by molar-refractivity contribution is 7.98. The van der Waals surface area contributed by atoms with Crippen LogP contribution in [0.1, 0.15) is 5.56 Å². The van der Waals surface area contributed by atoms with Crippen LogP contribution in [0.2, 0.25) is 0 Å². The maximum Gasteiger partial charge on any atom is 0.231 e. The van der Waals surface area contributed by atoms with Gasteiger partial charge in [-0.2, -0.15) is 0 Å². The summed E-state index contributed by atoms with van der Waals surface area (Å²) in [4.78, 5) is 13.0. The molecule has 0 aliphatic carbocycles. The summed E-state index contributed by atoms with van der Waals surface area (Å²) >= 11 is 1.73. The molecular formula is C20H22N4O2S. The highest BCUT2D eigenvalue weighted by Gasteiger charge is 2.18. The van der Waals surface area contributed by atoms with Crippen molar-refractivity contribution in [1.29, 1.82) is 0 Å². The number of hydrogen-bond acceptors (Lipinski definition) is 6. The highest BCUT2D eigenvalue weighted by atomic mass is 32.2. The summed E-state index contributed by atoms with van der Waals surface area (Å²) < 4.78 is 10.9. The van der Waals surface area contributed by atoms with Crippen molar-refractivity contribution in [3.05, 3.63) is 42.0 Å². The second-order valence-corrected chi connectivity index (χ2v) is 7.94. The maximum atomic E-state index is 5.45. The van der Waals surface area contributed by atoms with Crippen LogP contribution in [0, 0.1) is 0 Å². The van der Waals surface area contributed by atoms with Crippen LogP contribution in [0.25, 0.3) is 11.0 Å². The topological polar surface area (TPSA) is 53.6 Å². The number of H-pyrrole nitrogens is 1. The molecule has 7 heteroatoms. The van der Waals surface area contributed by atoms with Crippen LogP contribution in [-0.4, -0.2) is 54.9 Å². The third-order valence-electron chi connectivity index (χ3n) is 5.15. The lowest BCUT2D eigenvalue weighted by Crippen LogP contribution is -2.44. The highest BCUT2D eigenvalue weighted by Crippen LogP contribution is 2.36. The van der Waals surface area contributed by atoms with Crippen LogP contribution in [0.15, 0.2) is 41.6 Å². The van der Waals surface area contributed by atoms with Gasteiger partial charge >= 0.3 is 0 Å². The molecule has 3 heterocycles. The molecule has 1 saturated heterocycles. The number of ether oxygens (including phenoxy) is 2. The van der Waals surface area contributed by atoms with Gasteiger partial charge in [0.2, 0.25) is 6.79 Å². The van der Waals surface area contributed by atoms with E-state index in [1.54, 1.807) is 11.8 Å². The van der Waals surface area contributed by atoms with Gasteiger partial charge in [-0.15, -0.1) is 0 Å². The molecule has 0 spiro atoms. The number of fused-ring (bicyclic) bond motifs is 2. The van der Waals surface area contributed by atoms with Crippen molar-refractivity contribution in [2.24, 2.45) is 0 Å². The number of likely N-dealkylation sites (N-methyl/N-ethyl adjacent to an activating group) is 1. The third-order valence-corrected chi connectivity index (χ3v) is 6.08. The predicted molar refractivity (Wildman–Crippen MR) is 108 cm³/mol. The molecule has 27 heavy (non-hydrogen) atoms.